The van der Waals surface area contributed by atoms with Gasteiger partial charge in [0.05, 0.1) is 4.92 Å². The standard InChI is InChI=1S/C17H19N3O3/c1-13-12-15(6-9-18-13)19-10-7-17(8-11-19)23-16-4-2-14(3-5-16)20(21)22/h2-6,9,12,17H,7-8,10-11H2,1H3. The number of rotatable bonds is 4. The number of anilines is 1. The van der Waals surface area contributed by atoms with Gasteiger partial charge in [-0.2, -0.15) is 0 Å². The summed E-state index contributed by atoms with van der Waals surface area (Å²) in [6, 6.07) is 10.4. The predicted molar refractivity (Wildman–Crippen MR) is 87.9 cm³/mol. The third-order valence-corrected chi connectivity index (χ3v) is 4.04. The van der Waals surface area contributed by atoms with Gasteiger partial charge in [-0.1, -0.05) is 0 Å². The first-order valence-corrected chi connectivity index (χ1v) is 7.70. The molecular formula is C17H19N3O3. The van der Waals surface area contributed by atoms with Gasteiger partial charge in [0.2, 0.25) is 0 Å². The summed E-state index contributed by atoms with van der Waals surface area (Å²) < 4.78 is 5.94. The molecule has 0 spiro atoms. The zero-order valence-corrected chi connectivity index (χ0v) is 13.0. The van der Waals surface area contributed by atoms with Crippen molar-refractivity contribution in [2.75, 3.05) is 18.0 Å². The molecule has 1 aliphatic rings. The fraction of sp³-hybridized carbons (Fsp3) is 0.353. The van der Waals surface area contributed by atoms with E-state index in [0.717, 1.165) is 31.6 Å². The highest BCUT2D eigenvalue weighted by Gasteiger charge is 2.21. The maximum absolute atomic E-state index is 10.7. The number of aryl methyl sites for hydroxylation is 1. The summed E-state index contributed by atoms with van der Waals surface area (Å²) in [6.07, 6.45) is 3.84. The molecule has 0 atom stereocenters. The summed E-state index contributed by atoms with van der Waals surface area (Å²) in [5.74, 6) is 0.689. The molecule has 0 bridgehead atoms. The van der Waals surface area contributed by atoms with Crippen LogP contribution in [0.1, 0.15) is 18.5 Å². The second-order valence-electron chi connectivity index (χ2n) is 5.71. The molecule has 6 nitrogen and oxygen atoms in total. The van der Waals surface area contributed by atoms with Crippen LogP contribution in [0.3, 0.4) is 0 Å². The summed E-state index contributed by atoms with van der Waals surface area (Å²) in [5, 5.41) is 10.7. The van der Waals surface area contributed by atoms with Crippen LogP contribution in [0.2, 0.25) is 0 Å². The Morgan fingerprint density at radius 2 is 1.91 bits per heavy atom. The molecule has 1 aliphatic heterocycles. The SMILES string of the molecule is Cc1cc(N2CCC(Oc3ccc([N+](=O)[O-])cc3)CC2)ccn1. The van der Waals surface area contributed by atoms with Crippen LogP contribution < -0.4 is 9.64 Å². The number of pyridine rings is 1. The Labute approximate surface area is 134 Å². The average Bonchev–Trinajstić information content (AvgIpc) is 2.56. The summed E-state index contributed by atoms with van der Waals surface area (Å²) in [5.41, 5.74) is 2.30. The first-order valence-electron chi connectivity index (χ1n) is 7.70. The molecule has 0 N–H and O–H groups in total. The Morgan fingerprint density at radius 1 is 1.22 bits per heavy atom. The molecule has 1 aromatic carbocycles. The molecule has 3 rings (SSSR count). The molecule has 0 unspecified atom stereocenters. The van der Waals surface area contributed by atoms with Gasteiger partial charge in [0.1, 0.15) is 11.9 Å². The van der Waals surface area contributed by atoms with E-state index in [0.29, 0.717) is 5.75 Å². The van der Waals surface area contributed by atoms with Gasteiger partial charge >= 0.3 is 0 Å². The van der Waals surface area contributed by atoms with Crippen LogP contribution in [0.5, 0.6) is 5.75 Å². The van der Waals surface area contributed by atoms with Crippen molar-refractivity contribution in [2.45, 2.75) is 25.9 Å². The van der Waals surface area contributed by atoms with Crippen molar-refractivity contribution in [1.29, 1.82) is 0 Å². The van der Waals surface area contributed by atoms with Crippen molar-refractivity contribution in [3.05, 3.63) is 58.4 Å². The number of ether oxygens (including phenoxy) is 1. The number of non-ortho nitro benzene ring substituents is 1. The second-order valence-corrected chi connectivity index (χ2v) is 5.71. The summed E-state index contributed by atoms with van der Waals surface area (Å²) in [7, 11) is 0. The van der Waals surface area contributed by atoms with E-state index in [4.69, 9.17) is 4.74 Å². The lowest BCUT2D eigenvalue weighted by atomic mass is 10.1. The van der Waals surface area contributed by atoms with Crippen LogP contribution in [-0.4, -0.2) is 29.1 Å². The third-order valence-electron chi connectivity index (χ3n) is 4.04. The maximum atomic E-state index is 10.7. The highest BCUT2D eigenvalue weighted by Crippen LogP contribution is 2.24. The lowest BCUT2D eigenvalue weighted by Gasteiger charge is -2.33. The van der Waals surface area contributed by atoms with Crippen LogP contribution in [-0.2, 0) is 0 Å². The van der Waals surface area contributed by atoms with Gasteiger partial charge in [-0.3, -0.25) is 15.1 Å². The van der Waals surface area contributed by atoms with Crippen molar-refractivity contribution >= 4 is 11.4 Å². The van der Waals surface area contributed by atoms with Gasteiger partial charge in [0, 0.05) is 55.6 Å². The van der Waals surface area contributed by atoms with Gasteiger partial charge < -0.3 is 9.64 Å². The number of piperidine rings is 1. The van der Waals surface area contributed by atoms with E-state index in [1.165, 1.54) is 17.8 Å². The Kier molecular flexibility index (Phi) is 4.41. The minimum Gasteiger partial charge on any atom is -0.490 e. The van der Waals surface area contributed by atoms with Crippen LogP contribution in [0.4, 0.5) is 11.4 Å². The van der Waals surface area contributed by atoms with Crippen LogP contribution in [0, 0.1) is 17.0 Å². The number of benzene rings is 1. The Hall–Kier alpha value is -2.63. The van der Waals surface area contributed by atoms with Crippen molar-refractivity contribution in [3.63, 3.8) is 0 Å². The predicted octanol–water partition coefficient (Wildman–Crippen LogP) is 3.35. The van der Waals surface area contributed by atoms with Crippen LogP contribution >= 0.6 is 0 Å². The van der Waals surface area contributed by atoms with E-state index < -0.39 is 4.92 Å². The number of hydrogen-bond acceptors (Lipinski definition) is 5. The molecule has 2 aromatic rings. The van der Waals surface area contributed by atoms with E-state index in [1.807, 2.05) is 19.2 Å². The number of nitro benzene ring substituents is 1. The quantitative estimate of drug-likeness (QED) is 0.639. The molecule has 120 valence electrons. The third kappa shape index (κ3) is 3.77. The van der Waals surface area contributed by atoms with Gasteiger partial charge in [0.25, 0.3) is 5.69 Å². The topological polar surface area (TPSA) is 68.5 Å². The molecule has 1 fully saturated rings. The molecule has 0 radical (unpaired) electrons. The van der Waals surface area contributed by atoms with Crippen molar-refractivity contribution in [3.8, 4) is 5.75 Å². The van der Waals surface area contributed by atoms with E-state index in [9.17, 15) is 10.1 Å². The molecule has 1 aromatic heterocycles. The molecule has 6 heteroatoms. The largest absolute Gasteiger partial charge is 0.490 e. The lowest BCUT2D eigenvalue weighted by molar-refractivity contribution is -0.384. The van der Waals surface area contributed by atoms with E-state index in [-0.39, 0.29) is 11.8 Å². The van der Waals surface area contributed by atoms with E-state index >= 15 is 0 Å². The van der Waals surface area contributed by atoms with Crippen molar-refractivity contribution < 1.29 is 9.66 Å². The summed E-state index contributed by atoms with van der Waals surface area (Å²) in [6.45, 7) is 3.86. The van der Waals surface area contributed by atoms with Gasteiger partial charge in [0.15, 0.2) is 0 Å². The number of aromatic nitrogens is 1. The molecule has 1 saturated heterocycles. The molecular weight excluding hydrogens is 294 g/mol. The van der Waals surface area contributed by atoms with Crippen LogP contribution in [0.25, 0.3) is 0 Å². The van der Waals surface area contributed by atoms with E-state index in [2.05, 4.69) is 16.0 Å². The maximum Gasteiger partial charge on any atom is 0.269 e. The zero-order valence-electron chi connectivity index (χ0n) is 13.0. The molecule has 2 heterocycles. The first-order chi connectivity index (χ1) is 11.1. The Balaban J connectivity index is 1.55. The first kappa shape index (κ1) is 15.3. The van der Waals surface area contributed by atoms with Crippen molar-refractivity contribution in [1.82, 2.24) is 4.98 Å². The monoisotopic (exact) mass is 313 g/mol. The van der Waals surface area contributed by atoms with Gasteiger partial charge in [-0.15, -0.1) is 0 Å². The Bertz CT molecular complexity index is 680. The molecule has 0 amide bonds. The normalized spacial score (nSPS) is 15.4. The molecule has 0 saturated carbocycles. The number of nitro groups is 1. The molecule has 0 aliphatic carbocycles. The zero-order chi connectivity index (χ0) is 16.2. The summed E-state index contributed by atoms with van der Waals surface area (Å²) >= 11 is 0. The fourth-order valence-electron chi connectivity index (χ4n) is 2.80. The Morgan fingerprint density at radius 3 is 2.52 bits per heavy atom. The smallest absolute Gasteiger partial charge is 0.269 e. The molecule has 23 heavy (non-hydrogen) atoms. The minimum absolute atomic E-state index is 0.0835. The van der Waals surface area contributed by atoms with Crippen molar-refractivity contribution in [2.24, 2.45) is 0 Å². The lowest BCUT2D eigenvalue weighted by Crippen LogP contribution is -2.38. The summed E-state index contributed by atoms with van der Waals surface area (Å²) in [4.78, 5) is 16.8. The average molecular weight is 313 g/mol. The number of nitrogens with zero attached hydrogens (tertiary/aromatic N) is 3. The van der Waals surface area contributed by atoms with Gasteiger partial charge in [-0.25, -0.2) is 0 Å². The highest BCUT2D eigenvalue weighted by molar-refractivity contribution is 5.46. The van der Waals surface area contributed by atoms with Crippen LogP contribution in [0.15, 0.2) is 42.6 Å². The minimum atomic E-state index is -0.404. The number of hydrogen-bond donors (Lipinski definition) is 0. The van der Waals surface area contributed by atoms with E-state index in [1.54, 1.807) is 12.1 Å². The second kappa shape index (κ2) is 6.64. The fourth-order valence-corrected chi connectivity index (χ4v) is 2.80. The van der Waals surface area contributed by atoms with Gasteiger partial charge in [-0.05, 0) is 31.2 Å². The highest BCUT2D eigenvalue weighted by atomic mass is 16.6.